The quantitative estimate of drug-likeness (QED) is 0.855. The van der Waals surface area contributed by atoms with Gasteiger partial charge in [0.25, 0.3) is 0 Å². The monoisotopic (exact) mass is 281 g/mol. The Kier molecular flexibility index (Phi) is 4.49. The number of benzene rings is 1. The fraction of sp³-hybridized carbons (Fsp3) is 0.444. The Labute approximate surface area is 127 Å². The van der Waals surface area contributed by atoms with Gasteiger partial charge in [-0.3, -0.25) is 0 Å². The van der Waals surface area contributed by atoms with Crippen LogP contribution in [0.3, 0.4) is 0 Å². The van der Waals surface area contributed by atoms with Crippen molar-refractivity contribution in [2.24, 2.45) is 5.92 Å². The summed E-state index contributed by atoms with van der Waals surface area (Å²) in [5, 5.41) is 0. The molecule has 1 aromatic carbocycles. The van der Waals surface area contributed by atoms with Gasteiger partial charge >= 0.3 is 0 Å². The summed E-state index contributed by atoms with van der Waals surface area (Å²) in [7, 11) is 0. The number of hydrogen-bond donors (Lipinski definition) is 0. The lowest BCUT2D eigenvalue weighted by Gasteiger charge is -2.33. The van der Waals surface area contributed by atoms with Crippen LogP contribution in [-0.4, -0.2) is 23.1 Å². The van der Waals surface area contributed by atoms with Crippen LogP contribution in [0.1, 0.15) is 37.6 Å². The van der Waals surface area contributed by atoms with Crippen molar-refractivity contribution in [3.8, 4) is 0 Å². The highest BCUT2D eigenvalue weighted by atomic mass is 15.2. The molecule has 3 rings (SSSR count). The van der Waals surface area contributed by atoms with E-state index in [4.69, 9.17) is 4.98 Å². The molecule has 0 amide bonds. The van der Waals surface area contributed by atoms with Crippen LogP contribution in [0.2, 0.25) is 0 Å². The molecule has 1 atom stereocenters. The topological polar surface area (TPSA) is 29.0 Å². The lowest BCUT2D eigenvalue weighted by Crippen LogP contribution is -2.35. The summed E-state index contributed by atoms with van der Waals surface area (Å²) in [4.78, 5) is 11.6. The summed E-state index contributed by atoms with van der Waals surface area (Å²) in [6.07, 6.45) is 6.60. The average Bonchev–Trinajstić information content (AvgIpc) is 2.56. The van der Waals surface area contributed by atoms with Gasteiger partial charge in [0.1, 0.15) is 11.6 Å². The summed E-state index contributed by atoms with van der Waals surface area (Å²) in [6.45, 7) is 4.55. The van der Waals surface area contributed by atoms with Crippen LogP contribution in [0.15, 0.2) is 42.6 Å². The second-order valence-corrected chi connectivity index (χ2v) is 5.86. The molecule has 1 unspecified atom stereocenters. The Morgan fingerprint density at radius 1 is 1.19 bits per heavy atom. The molecule has 2 heterocycles. The first-order valence-corrected chi connectivity index (χ1v) is 7.96. The van der Waals surface area contributed by atoms with Crippen LogP contribution in [0.4, 0.5) is 5.82 Å². The molecule has 21 heavy (non-hydrogen) atoms. The van der Waals surface area contributed by atoms with Gasteiger partial charge in [-0.25, -0.2) is 9.97 Å². The fourth-order valence-electron chi connectivity index (χ4n) is 3.03. The van der Waals surface area contributed by atoms with Gasteiger partial charge in [0.2, 0.25) is 0 Å². The van der Waals surface area contributed by atoms with E-state index in [2.05, 4.69) is 41.1 Å². The van der Waals surface area contributed by atoms with E-state index < -0.39 is 0 Å². The van der Waals surface area contributed by atoms with Crippen molar-refractivity contribution in [1.82, 2.24) is 9.97 Å². The molecule has 0 spiro atoms. The smallest absolute Gasteiger partial charge is 0.135 e. The molecule has 1 aliphatic rings. The van der Waals surface area contributed by atoms with E-state index in [1.165, 1.54) is 24.8 Å². The van der Waals surface area contributed by atoms with Crippen molar-refractivity contribution in [2.75, 3.05) is 18.0 Å². The van der Waals surface area contributed by atoms with Gasteiger partial charge in [-0.2, -0.15) is 0 Å². The van der Waals surface area contributed by atoms with Gasteiger partial charge in [0.05, 0.1) is 0 Å². The minimum Gasteiger partial charge on any atom is -0.356 e. The molecule has 0 bridgehead atoms. The van der Waals surface area contributed by atoms with Gasteiger partial charge in [0.15, 0.2) is 0 Å². The molecule has 0 aliphatic carbocycles. The standard InChI is InChI=1S/C18H23N3/c1-2-15-9-6-12-21(14-15)18-10-11-19-17(20-18)13-16-7-4-3-5-8-16/h3-5,7-8,10-11,15H,2,6,9,12-14H2,1H3. The summed E-state index contributed by atoms with van der Waals surface area (Å²) in [5.41, 5.74) is 1.26. The molecule has 1 aliphatic heterocycles. The SMILES string of the molecule is CCC1CCCN(c2ccnc(Cc3ccccc3)n2)C1. The van der Waals surface area contributed by atoms with Gasteiger partial charge in [0, 0.05) is 25.7 Å². The van der Waals surface area contributed by atoms with Crippen LogP contribution in [-0.2, 0) is 6.42 Å². The van der Waals surface area contributed by atoms with Crippen LogP contribution in [0.5, 0.6) is 0 Å². The Bertz CT molecular complexity index is 568. The first kappa shape index (κ1) is 14.1. The van der Waals surface area contributed by atoms with Crippen molar-refractivity contribution in [3.05, 3.63) is 54.0 Å². The predicted octanol–water partition coefficient (Wildman–Crippen LogP) is 3.69. The lowest BCUT2D eigenvalue weighted by molar-refractivity contribution is 0.402. The maximum atomic E-state index is 4.78. The normalized spacial score (nSPS) is 18.7. The van der Waals surface area contributed by atoms with Crippen LogP contribution in [0, 0.1) is 5.92 Å². The molecule has 0 radical (unpaired) electrons. The minimum absolute atomic E-state index is 0.805. The van der Waals surface area contributed by atoms with Gasteiger partial charge in [-0.15, -0.1) is 0 Å². The zero-order valence-electron chi connectivity index (χ0n) is 12.7. The first-order valence-electron chi connectivity index (χ1n) is 7.96. The molecule has 3 nitrogen and oxygen atoms in total. The van der Waals surface area contributed by atoms with E-state index in [9.17, 15) is 0 Å². The van der Waals surface area contributed by atoms with E-state index >= 15 is 0 Å². The van der Waals surface area contributed by atoms with Crippen LogP contribution < -0.4 is 4.90 Å². The summed E-state index contributed by atoms with van der Waals surface area (Å²) >= 11 is 0. The van der Waals surface area contributed by atoms with Gasteiger partial charge in [-0.05, 0) is 30.4 Å². The van der Waals surface area contributed by atoms with Gasteiger partial charge in [-0.1, -0.05) is 43.7 Å². The summed E-state index contributed by atoms with van der Waals surface area (Å²) < 4.78 is 0. The summed E-state index contributed by atoms with van der Waals surface area (Å²) in [5.74, 6) is 2.82. The van der Waals surface area contributed by atoms with E-state index in [1.807, 2.05) is 18.3 Å². The third kappa shape index (κ3) is 3.60. The highest BCUT2D eigenvalue weighted by Gasteiger charge is 2.19. The lowest BCUT2D eigenvalue weighted by atomic mass is 9.96. The number of piperidine rings is 1. The molecule has 1 fully saturated rings. The average molecular weight is 281 g/mol. The Morgan fingerprint density at radius 3 is 2.86 bits per heavy atom. The first-order chi connectivity index (χ1) is 10.3. The van der Waals surface area contributed by atoms with Crippen molar-refractivity contribution in [3.63, 3.8) is 0 Å². The maximum absolute atomic E-state index is 4.78. The molecular formula is C18H23N3. The Hall–Kier alpha value is -1.90. The highest BCUT2D eigenvalue weighted by molar-refractivity contribution is 5.38. The fourth-order valence-corrected chi connectivity index (χ4v) is 3.03. The number of nitrogens with zero attached hydrogens (tertiary/aromatic N) is 3. The molecule has 110 valence electrons. The van der Waals surface area contributed by atoms with Crippen molar-refractivity contribution in [2.45, 2.75) is 32.6 Å². The number of anilines is 1. The third-order valence-corrected chi connectivity index (χ3v) is 4.32. The second-order valence-electron chi connectivity index (χ2n) is 5.86. The molecule has 3 heteroatoms. The van der Waals surface area contributed by atoms with Crippen molar-refractivity contribution in [1.29, 1.82) is 0 Å². The number of aromatic nitrogens is 2. The minimum atomic E-state index is 0.805. The molecule has 0 saturated carbocycles. The molecule has 1 saturated heterocycles. The Morgan fingerprint density at radius 2 is 2.05 bits per heavy atom. The number of rotatable bonds is 4. The maximum Gasteiger partial charge on any atom is 0.135 e. The molecular weight excluding hydrogens is 258 g/mol. The highest BCUT2D eigenvalue weighted by Crippen LogP contribution is 2.23. The van der Waals surface area contributed by atoms with Crippen molar-refractivity contribution >= 4 is 5.82 Å². The van der Waals surface area contributed by atoms with E-state index in [0.29, 0.717) is 0 Å². The zero-order valence-corrected chi connectivity index (χ0v) is 12.7. The third-order valence-electron chi connectivity index (χ3n) is 4.32. The zero-order chi connectivity index (χ0) is 14.5. The number of hydrogen-bond acceptors (Lipinski definition) is 3. The predicted molar refractivity (Wildman–Crippen MR) is 86.5 cm³/mol. The molecule has 0 N–H and O–H groups in total. The van der Waals surface area contributed by atoms with E-state index in [1.54, 1.807) is 0 Å². The van der Waals surface area contributed by atoms with Crippen LogP contribution >= 0.6 is 0 Å². The molecule has 2 aromatic rings. The Balaban J connectivity index is 1.74. The van der Waals surface area contributed by atoms with E-state index in [-0.39, 0.29) is 0 Å². The van der Waals surface area contributed by atoms with Crippen molar-refractivity contribution < 1.29 is 0 Å². The summed E-state index contributed by atoms with van der Waals surface area (Å²) in [6, 6.07) is 12.5. The van der Waals surface area contributed by atoms with Gasteiger partial charge < -0.3 is 4.90 Å². The van der Waals surface area contributed by atoms with Crippen LogP contribution in [0.25, 0.3) is 0 Å². The van der Waals surface area contributed by atoms with E-state index in [0.717, 1.165) is 37.1 Å². The second kappa shape index (κ2) is 6.70. The largest absolute Gasteiger partial charge is 0.356 e. The molecule has 1 aromatic heterocycles.